The van der Waals surface area contributed by atoms with Crippen LogP contribution in [0.15, 0.2) is 58.3 Å². The van der Waals surface area contributed by atoms with Crippen molar-refractivity contribution < 1.29 is 29.9 Å². The average Bonchev–Trinajstić information content (AvgIpc) is 2.82. The number of aryl methyl sites for hydroxylation is 2. The SMILES string of the molecule is Cc1ccc(S(=O)(=O)OCCCCCCOCCCCCCOS(=O)(=O)c2ccc(C)cc2)cc1. The molecule has 35 heavy (non-hydrogen) atoms. The van der Waals surface area contributed by atoms with Crippen LogP contribution in [0.4, 0.5) is 0 Å². The van der Waals surface area contributed by atoms with Crippen molar-refractivity contribution in [3.8, 4) is 0 Å². The maximum absolute atomic E-state index is 12.1. The molecule has 9 heteroatoms. The van der Waals surface area contributed by atoms with Crippen molar-refractivity contribution in [3.63, 3.8) is 0 Å². The molecule has 2 aromatic rings. The zero-order chi connectivity index (χ0) is 25.6. The highest BCUT2D eigenvalue weighted by Crippen LogP contribution is 2.15. The first kappa shape index (κ1) is 29.5. The smallest absolute Gasteiger partial charge is 0.296 e. The predicted molar refractivity (Wildman–Crippen MR) is 136 cm³/mol. The third-order valence-electron chi connectivity index (χ3n) is 5.46. The van der Waals surface area contributed by atoms with Crippen molar-refractivity contribution in [2.24, 2.45) is 0 Å². The van der Waals surface area contributed by atoms with Crippen molar-refractivity contribution in [3.05, 3.63) is 59.7 Å². The highest BCUT2D eigenvalue weighted by atomic mass is 32.2. The van der Waals surface area contributed by atoms with E-state index in [0.717, 1.165) is 49.7 Å². The van der Waals surface area contributed by atoms with Gasteiger partial charge in [0.1, 0.15) is 0 Å². The van der Waals surface area contributed by atoms with Crippen LogP contribution >= 0.6 is 0 Å². The largest absolute Gasteiger partial charge is 0.381 e. The highest BCUT2D eigenvalue weighted by molar-refractivity contribution is 7.87. The summed E-state index contributed by atoms with van der Waals surface area (Å²) in [6.07, 6.45) is 6.92. The minimum absolute atomic E-state index is 0.188. The molecule has 0 bridgehead atoms. The second-order valence-electron chi connectivity index (χ2n) is 8.62. The van der Waals surface area contributed by atoms with E-state index in [4.69, 9.17) is 13.1 Å². The summed E-state index contributed by atoms with van der Waals surface area (Å²) in [7, 11) is -7.35. The van der Waals surface area contributed by atoms with E-state index in [2.05, 4.69) is 0 Å². The standard InChI is InChI=1S/C26H38O7S2/c1-23-11-15-25(16-12-23)34(27,28)32-21-9-5-3-7-19-31-20-8-4-6-10-22-33-35(29,30)26-17-13-24(2)14-18-26/h11-18H,3-10,19-22H2,1-2H3. The molecule has 2 rings (SSSR count). The van der Waals surface area contributed by atoms with Crippen LogP contribution in [0.25, 0.3) is 0 Å². The van der Waals surface area contributed by atoms with Gasteiger partial charge in [-0.15, -0.1) is 0 Å². The Morgan fingerprint density at radius 2 is 0.800 bits per heavy atom. The first-order valence-electron chi connectivity index (χ1n) is 12.2. The Morgan fingerprint density at radius 3 is 1.14 bits per heavy atom. The minimum atomic E-state index is -3.68. The molecule has 196 valence electrons. The van der Waals surface area contributed by atoms with Gasteiger partial charge in [0.15, 0.2) is 0 Å². The summed E-state index contributed by atoms with van der Waals surface area (Å²) in [5.41, 5.74) is 2.01. The van der Waals surface area contributed by atoms with E-state index in [-0.39, 0.29) is 23.0 Å². The second-order valence-corrected chi connectivity index (χ2v) is 11.8. The van der Waals surface area contributed by atoms with Crippen molar-refractivity contribution in [2.75, 3.05) is 26.4 Å². The number of benzene rings is 2. The first-order chi connectivity index (χ1) is 16.7. The van der Waals surface area contributed by atoms with E-state index in [1.54, 1.807) is 48.5 Å². The lowest BCUT2D eigenvalue weighted by Crippen LogP contribution is -2.08. The highest BCUT2D eigenvalue weighted by Gasteiger charge is 2.15. The predicted octanol–water partition coefficient (Wildman–Crippen LogP) is 5.55. The monoisotopic (exact) mass is 526 g/mol. The molecule has 0 aliphatic heterocycles. The lowest BCUT2D eigenvalue weighted by Gasteiger charge is -2.07. The number of hydrogen-bond donors (Lipinski definition) is 0. The molecule has 0 radical (unpaired) electrons. The van der Waals surface area contributed by atoms with Crippen LogP contribution in [-0.4, -0.2) is 43.3 Å². The quantitative estimate of drug-likeness (QED) is 0.186. The van der Waals surface area contributed by atoms with Crippen LogP contribution in [0, 0.1) is 13.8 Å². The maximum atomic E-state index is 12.1. The summed E-state index contributed by atoms with van der Waals surface area (Å²) in [6, 6.07) is 13.3. The van der Waals surface area contributed by atoms with Crippen molar-refractivity contribution >= 4 is 20.2 Å². The van der Waals surface area contributed by atoms with Gasteiger partial charge in [-0.1, -0.05) is 61.1 Å². The number of hydrogen-bond acceptors (Lipinski definition) is 7. The van der Waals surface area contributed by atoms with Crippen molar-refractivity contribution in [2.45, 2.75) is 75.0 Å². The molecule has 7 nitrogen and oxygen atoms in total. The average molecular weight is 527 g/mol. The molecule has 0 aromatic heterocycles. The van der Waals surface area contributed by atoms with E-state index < -0.39 is 20.2 Å². The zero-order valence-electron chi connectivity index (χ0n) is 20.8. The van der Waals surface area contributed by atoms with Crippen molar-refractivity contribution in [1.82, 2.24) is 0 Å². The normalized spacial score (nSPS) is 12.2. The molecule has 0 unspecified atom stereocenters. The summed E-state index contributed by atoms with van der Waals surface area (Å²) < 4.78 is 64.2. The third-order valence-corrected chi connectivity index (χ3v) is 8.12. The van der Waals surface area contributed by atoms with Gasteiger partial charge in [0, 0.05) is 13.2 Å². The second kappa shape index (κ2) is 15.4. The lowest BCUT2D eigenvalue weighted by atomic mass is 10.2. The van der Waals surface area contributed by atoms with Crippen LogP contribution in [0.2, 0.25) is 0 Å². The molecular formula is C26H38O7S2. The summed E-state index contributed by atoms with van der Waals surface area (Å²) >= 11 is 0. The van der Waals surface area contributed by atoms with Gasteiger partial charge in [0.05, 0.1) is 23.0 Å². The molecule has 0 spiro atoms. The van der Waals surface area contributed by atoms with Gasteiger partial charge in [0.25, 0.3) is 20.2 Å². The van der Waals surface area contributed by atoms with Gasteiger partial charge in [0.2, 0.25) is 0 Å². The van der Waals surface area contributed by atoms with Crippen LogP contribution in [0.3, 0.4) is 0 Å². The molecule has 0 N–H and O–H groups in total. The minimum Gasteiger partial charge on any atom is -0.381 e. The van der Waals surface area contributed by atoms with E-state index in [0.29, 0.717) is 26.1 Å². The Balaban J connectivity index is 1.39. The van der Waals surface area contributed by atoms with Gasteiger partial charge < -0.3 is 4.74 Å². The zero-order valence-corrected chi connectivity index (χ0v) is 22.4. The first-order valence-corrected chi connectivity index (χ1v) is 15.0. The number of rotatable bonds is 18. The molecule has 0 fully saturated rings. The van der Waals surface area contributed by atoms with Gasteiger partial charge in [-0.25, -0.2) is 0 Å². The van der Waals surface area contributed by atoms with Crippen molar-refractivity contribution in [1.29, 1.82) is 0 Å². The van der Waals surface area contributed by atoms with E-state index in [1.807, 2.05) is 13.8 Å². The van der Waals surface area contributed by atoms with Gasteiger partial charge >= 0.3 is 0 Å². The van der Waals surface area contributed by atoms with Crippen LogP contribution in [0.5, 0.6) is 0 Å². The van der Waals surface area contributed by atoms with Crippen LogP contribution in [0.1, 0.15) is 62.5 Å². The Bertz CT molecular complexity index is 974. The van der Waals surface area contributed by atoms with E-state index in [9.17, 15) is 16.8 Å². The fourth-order valence-electron chi connectivity index (χ4n) is 3.30. The third kappa shape index (κ3) is 11.7. The Morgan fingerprint density at radius 1 is 0.486 bits per heavy atom. The molecule has 0 aliphatic carbocycles. The lowest BCUT2D eigenvalue weighted by molar-refractivity contribution is 0.125. The molecule has 0 aliphatic rings. The molecule has 0 saturated heterocycles. The maximum Gasteiger partial charge on any atom is 0.296 e. The molecule has 0 atom stereocenters. The Hall–Kier alpha value is -1.78. The summed E-state index contributed by atoms with van der Waals surface area (Å²) in [5, 5.41) is 0. The topological polar surface area (TPSA) is 96.0 Å². The molecular weight excluding hydrogens is 488 g/mol. The molecule has 0 saturated carbocycles. The number of unbranched alkanes of at least 4 members (excludes halogenated alkanes) is 6. The van der Waals surface area contributed by atoms with Gasteiger partial charge in [-0.05, 0) is 63.8 Å². The summed E-state index contributed by atoms with van der Waals surface area (Å²) in [6.45, 7) is 5.55. The van der Waals surface area contributed by atoms with Crippen LogP contribution in [-0.2, 0) is 33.3 Å². The summed E-state index contributed by atoms with van der Waals surface area (Å²) in [5.74, 6) is 0. The fourth-order valence-corrected chi connectivity index (χ4v) is 5.19. The molecule has 0 amide bonds. The Kier molecular flexibility index (Phi) is 12.9. The van der Waals surface area contributed by atoms with Gasteiger partial charge in [-0.3, -0.25) is 8.37 Å². The Labute approximate surface area is 211 Å². The van der Waals surface area contributed by atoms with Crippen LogP contribution < -0.4 is 0 Å². The number of ether oxygens (including phenoxy) is 1. The van der Waals surface area contributed by atoms with Gasteiger partial charge in [-0.2, -0.15) is 16.8 Å². The van der Waals surface area contributed by atoms with E-state index in [1.165, 1.54) is 0 Å². The summed E-state index contributed by atoms with van der Waals surface area (Å²) in [4.78, 5) is 0.382. The molecule has 2 aromatic carbocycles. The van der Waals surface area contributed by atoms with E-state index >= 15 is 0 Å². The molecule has 0 heterocycles. The fraction of sp³-hybridized carbons (Fsp3) is 0.538.